The van der Waals surface area contributed by atoms with Crippen molar-refractivity contribution < 1.29 is 14.0 Å². The molecule has 1 aromatic heterocycles. The molecule has 140 valence electrons. The van der Waals surface area contributed by atoms with Gasteiger partial charge in [0.1, 0.15) is 5.82 Å². The fourth-order valence-corrected chi connectivity index (χ4v) is 3.00. The third-order valence-corrected chi connectivity index (χ3v) is 4.52. The molecule has 0 spiro atoms. The van der Waals surface area contributed by atoms with Gasteiger partial charge in [0.15, 0.2) is 0 Å². The summed E-state index contributed by atoms with van der Waals surface area (Å²) in [6.07, 6.45) is 3.99. The van der Waals surface area contributed by atoms with E-state index in [1.165, 1.54) is 17.7 Å². The van der Waals surface area contributed by atoms with Crippen molar-refractivity contribution in [3.05, 3.63) is 95.6 Å². The molecule has 1 N–H and O–H groups in total. The van der Waals surface area contributed by atoms with Crippen molar-refractivity contribution in [2.24, 2.45) is 5.16 Å². The number of rotatable bonds is 5. The molecule has 0 radical (unpaired) electrons. The standard InChI is InChI=1S/C22H18FN3O2/c23-18-5-3-17(4-6-18)20-14-21(28-26-20)22(27)25-19-7-1-15(2-8-19)13-16-9-11-24-12-10-16/h1-12,21H,13-14H2,(H,25,27). The van der Waals surface area contributed by atoms with Gasteiger partial charge >= 0.3 is 0 Å². The van der Waals surface area contributed by atoms with Crippen LogP contribution in [-0.4, -0.2) is 22.7 Å². The summed E-state index contributed by atoms with van der Waals surface area (Å²) in [5.41, 5.74) is 4.40. The highest BCUT2D eigenvalue weighted by molar-refractivity contribution is 6.06. The molecule has 1 amide bonds. The molecule has 28 heavy (non-hydrogen) atoms. The summed E-state index contributed by atoms with van der Waals surface area (Å²) in [6, 6.07) is 17.6. The van der Waals surface area contributed by atoms with Crippen LogP contribution in [0.25, 0.3) is 0 Å². The van der Waals surface area contributed by atoms with E-state index in [2.05, 4.69) is 15.5 Å². The van der Waals surface area contributed by atoms with Gasteiger partial charge in [-0.25, -0.2) is 4.39 Å². The molecule has 6 heteroatoms. The van der Waals surface area contributed by atoms with Crippen LogP contribution in [0.2, 0.25) is 0 Å². The van der Waals surface area contributed by atoms with Gasteiger partial charge in [0, 0.05) is 24.5 Å². The predicted octanol–water partition coefficient (Wildman–Crippen LogP) is 3.94. The number of carbonyl (C=O) groups excluding carboxylic acids is 1. The zero-order chi connectivity index (χ0) is 19.3. The molecule has 0 saturated heterocycles. The third-order valence-electron chi connectivity index (χ3n) is 4.52. The highest BCUT2D eigenvalue weighted by atomic mass is 19.1. The lowest BCUT2D eigenvalue weighted by Gasteiger charge is -2.10. The zero-order valence-corrected chi connectivity index (χ0v) is 15.0. The van der Waals surface area contributed by atoms with Crippen LogP contribution in [0.5, 0.6) is 0 Å². The molecule has 1 aliphatic heterocycles. The van der Waals surface area contributed by atoms with Crippen molar-refractivity contribution in [3.8, 4) is 0 Å². The summed E-state index contributed by atoms with van der Waals surface area (Å²) in [5.74, 6) is -0.576. The minimum atomic E-state index is -0.698. The first-order chi connectivity index (χ1) is 13.7. The maximum Gasteiger partial charge on any atom is 0.268 e. The predicted molar refractivity (Wildman–Crippen MR) is 105 cm³/mol. The smallest absolute Gasteiger partial charge is 0.268 e. The van der Waals surface area contributed by atoms with Crippen molar-refractivity contribution in [2.75, 3.05) is 5.32 Å². The van der Waals surface area contributed by atoms with E-state index in [0.717, 1.165) is 17.5 Å². The van der Waals surface area contributed by atoms with E-state index < -0.39 is 6.10 Å². The Balaban J connectivity index is 1.33. The Hall–Kier alpha value is -3.54. The largest absolute Gasteiger partial charge is 0.382 e. The van der Waals surface area contributed by atoms with Crippen molar-refractivity contribution in [3.63, 3.8) is 0 Å². The summed E-state index contributed by atoms with van der Waals surface area (Å²) in [7, 11) is 0. The van der Waals surface area contributed by atoms with Gasteiger partial charge in [-0.15, -0.1) is 0 Å². The van der Waals surface area contributed by atoms with Gasteiger partial charge in [-0.05, 0) is 59.5 Å². The van der Waals surface area contributed by atoms with Crippen LogP contribution >= 0.6 is 0 Å². The number of oxime groups is 1. The highest BCUT2D eigenvalue weighted by Gasteiger charge is 2.28. The number of aromatic nitrogens is 1. The van der Waals surface area contributed by atoms with Crippen molar-refractivity contribution in [1.29, 1.82) is 0 Å². The Labute approximate surface area is 161 Å². The quantitative estimate of drug-likeness (QED) is 0.735. The summed E-state index contributed by atoms with van der Waals surface area (Å²) < 4.78 is 13.0. The van der Waals surface area contributed by atoms with Crippen LogP contribution in [0.1, 0.15) is 23.1 Å². The van der Waals surface area contributed by atoms with Gasteiger partial charge in [0.25, 0.3) is 5.91 Å². The van der Waals surface area contributed by atoms with E-state index in [9.17, 15) is 9.18 Å². The summed E-state index contributed by atoms with van der Waals surface area (Å²) in [4.78, 5) is 21.7. The molecule has 1 atom stereocenters. The second-order valence-electron chi connectivity index (χ2n) is 6.56. The van der Waals surface area contributed by atoms with Crippen LogP contribution < -0.4 is 5.32 Å². The van der Waals surface area contributed by atoms with Gasteiger partial charge in [-0.2, -0.15) is 0 Å². The average Bonchev–Trinajstić information content (AvgIpc) is 3.21. The Morgan fingerprint density at radius 3 is 2.39 bits per heavy atom. The van der Waals surface area contributed by atoms with E-state index in [4.69, 9.17) is 4.84 Å². The Bertz CT molecular complexity index is 987. The lowest BCUT2D eigenvalue weighted by molar-refractivity contribution is -0.125. The van der Waals surface area contributed by atoms with Gasteiger partial charge < -0.3 is 10.2 Å². The molecular weight excluding hydrogens is 357 g/mol. The van der Waals surface area contributed by atoms with Crippen LogP contribution in [0.3, 0.4) is 0 Å². The first-order valence-electron chi connectivity index (χ1n) is 8.95. The number of pyridine rings is 1. The molecule has 0 fully saturated rings. The van der Waals surface area contributed by atoms with E-state index in [1.54, 1.807) is 24.5 Å². The Kier molecular flexibility index (Phi) is 5.10. The van der Waals surface area contributed by atoms with Crippen molar-refractivity contribution >= 4 is 17.3 Å². The molecule has 2 heterocycles. The third kappa shape index (κ3) is 4.23. The van der Waals surface area contributed by atoms with Gasteiger partial charge in [-0.3, -0.25) is 9.78 Å². The monoisotopic (exact) mass is 375 g/mol. The lowest BCUT2D eigenvalue weighted by Crippen LogP contribution is -2.28. The molecule has 0 aliphatic carbocycles. The number of hydrogen-bond acceptors (Lipinski definition) is 4. The summed E-state index contributed by atoms with van der Waals surface area (Å²) in [6.45, 7) is 0. The molecule has 1 aliphatic rings. The number of carbonyl (C=O) groups is 1. The van der Waals surface area contributed by atoms with E-state index in [0.29, 0.717) is 17.8 Å². The topological polar surface area (TPSA) is 63.6 Å². The molecule has 4 rings (SSSR count). The number of amides is 1. The van der Waals surface area contributed by atoms with Crippen molar-refractivity contribution in [1.82, 2.24) is 4.98 Å². The first-order valence-corrected chi connectivity index (χ1v) is 8.95. The summed E-state index contributed by atoms with van der Waals surface area (Å²) in [5, 5.41) is 6.82. The number of nitrogens with zero attached hydrogens (tertiary/aromatic N) is 2. The highest BCUT2D eigenvalue weighted by Crippen LogP contribution is 2.19. The average molecular weight is 375 g/mol. The minimum absolute atomic E-state index is 0.261. The van der Waals surface area contributed by atoms with Gasteiger partial charge in [0.2, 0.25) is 6.10 Å². The van der Waals surface area contributed by atoms with Gasteiger partial charge in [0.05, 0.1) is 5.71 Å². The number of benzene rings is 2. The van der Waals surface area contributed by atoms with Crippen LogP contribution in [0, 0.1) is 5.82 Å². The summed E-state index contributed by atoms with van der Waals surface area (Å²) >= 11 is 0. The number of halogens is 1. The second-order valence-corrected chi connectivity index (χ2v) is 6.56. The molecule has 5 nitrogen and oxygen atoms in total. The van der Waals surface area contributed by atoms with Crippen LogP contribution in [0.15, 0.2) is 78.2 Å². The fourth-order valence-electron chi connectivity index (χ4n) is 3.00. The molecule has 1 unspecified atom stereocenters. The fraction of sp³-hybridized carbons (Fsp3) is 0.136. The van der Waals surface area contributed by atoms with Crippen LogP contribution in [0.4, 0.5) is 10.1 Å². The number of nitrogens with one attached hydrogen (secondary N) is 1. The minimum Gasteiger partial charge on any atom is -0.382 e. The van der Waals surface area contributed by atoms with E-state index >= 15 is 0 Å². The lowest BCUT2D eigenvalue weighted by atomic mass is 10.0. The van der Waals surface area contributed by atoms with Gasteiger partial charge in [-0.1, -0.05) is 29.4 Å². The Morgan fingerprint density at radius 1 is 1.00 bits per heavy atom. The van der Waals surface area contributed by atoms with E-state index in [1.807, 2.05) is 36.4 Å². The van der Waals surface area contributed by atoms with Crippen molar-refractivity contribution in [2.45, 2.75) is 18.9 Å². The number of anilines is 1. The normalized spacial score (nSPS) is 15.6. The SMILES string of the molecule is O=C(Nc1ccc(Cc2ccncc2)cc1)C1CC(c2ccc(F)cc2)=NO1. The molecule has 2 aromatic carbocycles. The molecular formula is C22H18FN3O2. The molecule has 0 bridgehead atoms. The van der Waals surface area contributed by atoms with Crippen LogP contribution in [-0.2, 0) is 16.1 Å². The van der Waals surface area contributed by atoms with E-state index in [-0.39, 0.29) is 11.7 Å². The Morgan fingerprint density at radius 2 is 1.68 bits per heavy atom. The zero-order valence-electron chi connectivity index (χ0n) is 15.0. The maximum absolute atomic E-state index is 13.0. The first kappa shape index (κ1) is 17.9. The number of hydrogen-bond donors (Lipinski definition) is 1. The second kappa shape index (κ2) is 8.00. The molecule has 3 aromatic rings. The maximum atomic E-state index is 13.0. The molecule has 0 saturated carbocycles.